The molecule has 0 spiro atoms. The maximum absolute atomic E-state index is 6.15. The fourth-order valence-electron chi connectivity index (χ4n) is 4.03. The molecule has 0 radical (unpaired) electrons. The summed E-state index contributed by atoms with van der Waals surface area (Å²) in [5.74, 6) is 1.02. The minimum Gasteiger partial charge on any atom is -0.376 e. The van der Waals surface area contributed by atoms with Crippen LogP contribution in [0.3, 0.4) is 0 Å². The Bertz CT molecular complexity index is 633. The number of benzene rings is 1. The summed E-state index contributed by atoms with van der Waals surface area (Å²) in [4.78, 5) is 7.29. The molecule has 0 amide bonds. The number of likely N-dealkylation sites (tertiary alicyclic amines) is 1. The minimum atomic E-state index is 0.309. The number of nitrogens with one attached hydrogen (secondary N) is 1. The quantitative estimate of drug-likeness (QED) is 0.595. The zero-order valence-corrected chi connectivity index (χ0v) is 17.9. The van der Waals surface area contributed by atoms with Crippen LogP contribution in [0.25, 0.3) is 0 Å². The predicted molar refractivity (Wildman–Crippen MR) is 115 cm³/mol. The van der Waals surface area contributed by atoms with Crippen LogP contribution in [0.2, 0.25) is 0 Å². The maximum atomic E-state index is 6.15. The average molecular weight is 388 g/mol. The van der Waals surface area contributed by atoms with Crippen molar-refractivity contribution in [2.75, 3.05) is 32.8 Å². The molecule has 3 rings (SSSR count). The lowest BCUT2D eigenvalue weighted by atomic mass is 10.1. The highest BCUT2D eigenvalue weighted by Crippen LogP contribution is 2.18. The number of guanidine groups is 1. The molecule has 0 aliphatic carbocycles. The van der Waals surface area contributed by atoms with Gasteiger partial charge in [0.15, 0.2) is 5.96 Å². The molecule has 2 fully saturated rings. The number of aryl methyl sites for hydroxylation is 2. The van der Waals surface area contributed by atoms with E-state index in [1.165, 1.54) is 29.5 Å². The first-order valence-corrected chi connectivity index (χ1v) is 11.0. The molecule has 2 aliphatic heterocycles. The van der Waals surface area contributed by atoms with E-state index in [9.17, 15) is 0 Å². The Morgan fingerprint density at radius 3 is 2.71 bits per heavy atom. The zero-order chi connectivity index (χ0) is 19.8. The second-order valence-corrected chi connectivity index (χ2v) is 8.11. The normalized spacial score (nSPS) is 21.8. The van der Waals surface area contributed by atoms with Gasteiger partial charge in [-0.15, -0.1) is 0 Å². The van der Waals surface area contributed by atoms with E-state index in [4.69, 9.17) is 14.5 Å². The number of ether oxygens (including phenoxy) is 2. The Kier molecular flexibility index (Phi) is 8.16. The van der Waals surface area contributed by atoms with Crippen LogP contribution >= 0.6 is 0 Å². The van der Waals surface area contributed by atoms with E-state index in [2.05, 4.69) is 49.2 Å². The van der Waals surface area contributed by atoms with Crippen molar-refractivity contribution < 1.29 is 9.47 Å². The molecule has 1 aromatic rings. The third-order valence-corrected chi connectivity index (χ3v) is 5.77. The van der Waals surface area contributed by atoms with E-state index < -0.39 is 0 Å². The molecule has 0 bridgehead atoms. The minimum absolute atomic E-state index is 0.309. The first-order valence-electron chi connectivity index (χ1n) is 11.0. The van der Waals surface area contributed by atoms with Gasteiger partial charge < -0.3 is 19.7 Å². The standard InChI is InChI=1S/C23H37N3O2/c1-4-24-23(25-16-20-9-8-18(2)15-19(20)3)26-12-10-21(11-13-26)28-17-22-7-5-6-14-27-22/h8-9,15,21-22H,4-7,10-14,16-17H2,1-3H3,(H,24,25). The summed E-state index contributed by atoms with van der Waals surface area (Å²) in [6, 6.07) is 6.60. The van der Waals surface area contributed by atoms with Gasteiger partial charge in [0.05, 0.1) is 25.4 Å². The number of rotatable bonds is 6. The smallest absolute Gasteiger partial charge is 0.194 e. The lowest BCUT2D eigenvalue weighted by Crippen LogP contribution is -2.47. The zero-order valence-electron chi connectivity index (χ0n) is 17.9. The van der Waals surface area contributed by atoms with Crippen LogP contribution < -0.4 is 5.32 Å². The molecule has 1 N–H and O–H groups in total. The Hall–Kier alpha value is -1.59. The van der Waals surface area contributed by atoms with Crippen molar-refractivity contribution in [3.8, 4) is 0 Å². The predicted octanol–water partition coefficient (Wildman–Crippen LogP) is 3.82. The first kappa shape index (κ1) is 21.1. The molecule has 0 saturated carbocycles. The second-order valence-electron chi connectivity index (χ2n) is 8.11. The van der Waals surface area contributed by atoms with E-state index in [1.807, 2.05) is 0 Å². The topological polar surface area (TPSA) is 46.1 Å². The lowest BCUT2D eigenvalue weighted by Gasteiger charge is -2.35. The lowest BCUT2D eigenvalue weighted by molar-refractivity contribution is -0.0721. The molecule has 5 heteroatoms. The second kappa shape index (κ2) is 10.8. The van der Waals surface area contributed by atoms with Gasteiger partial charge in [0.2, 0.25) is 0 Å². The summed E-state index contributed by atoms with van der Waals surface area (Å²) in [5.41, 5.74) is 3.92. The summed E-state index contributed by atoms with van der Waals surface area (Å²) in [6.07, 6.45) is 6.39. The van der Waals surface area contributed by atoms with Crippen molar-refractivity contribution in [1.29, 1.82) is 0 Å². The Morgan fingerprint density at radius 1 is 1.21 bits per heavy atom. The average Bonchev–Trinajstić information content (AvgIpc) is 2.72. The Labute approximate surface area is 170 Å². The van der Waals surface area contributed by atoms with Gasteiger partial charge in [-0.05, 0) is 64.0 Å². The van der Waals surface area contributed by atoms with Crippen LogP contribution in [-0.2, 0) is 16.0 Å². The number of hydrogen-bond acceptors (Lipinski definition) is 3. The molecular weight excluding hydrogens is 350 g/mol. The van der Waals surface area contributed by atoms with Crippen molar-refractivity contribution in [2.45, 2.75) is 71.6 Å². The van der Waals surface area contributed by atoms with E-state index in [0.29, 0.717) is 12.2 Å². The molecule has 28 heavy (non-hydrogen) atoms. The van der Waals surface area contributed by atoms with Gasteiger partial charge in [-0.1, -0.05) is 23.8 Å². The van der Waals surface area contributed by atoms with Gasteiger partial charge in [0, 0.05) is 26.2 Å². The highest BCUT2D eigenvalue weighted by molar-refractivity contribution is 5.80. The summed E-state index contributed by atoms with van der Waals surface area (Å²) >= 11 is 0. The molecule has 5 nitrogen and oxygen atoms in total. The number of nitrogens with zero attached hydrogens (tertiary/aromatic N) is 2. The monoisotopic (exact) mass is 387 g/mol. The molecule has 156 valence electrons. The van der Waals surface area contributed by atoms with Crippen molar-refractivity contribution in [3.05, 3.63) is 34.9 Å². The molecule has 1 aromatic carbocycles. The third kappa shape index (κ3) is 6.21. The highest BCUT2D eigenvalue weighted by atomic mass is 16.5. The molecule has 2 saturated heterocycles. The van der Waals surface area contributed by atoms with Gasteiger partial charge >= 0.3 is 0 Å². The van der Waals surface area contributed by atoms with E-state index in [1.54, 1.807) is 0 Å². The van der Waals surface area contributed by atoms with Crippen LogP contribution in [-0.4, -0.2) is 55.9 Å². The van der Waals surface area contributed by atoms with Gasteiger partial charge in [-0.25, -0.2) is 4.99 Å². The van der Waals surface area contributed by atoms with Crippen LogP contribution in [0.15, 0.2) is 23.2 Å². The fraction of sp³-hybridized carbons (Fsp3) is 0.696. The van der Waals surface area contributed by atoms with Crippen molar-refractivity contribution >= 4 is 5.96 Å². The molecular formula is C23H37N3O2. The fourth-order valence-corrected chi connectivity index (χ4v) is 4.03. The largest absolute Gasteiger partial charge is 0.376 e. The van der Waals surface area contributed by atoms with E-state index >= 15 is 0 Å². The van der Waals surface area contributed by atoms with Crippen molar-refractivity contribution in [1.82, 2.24) is 10.2 Å². The SMILES string of the molecule is CCNC(=NCc1ccc(C)cc1C)N1CCC(OCC2CCCCO2)CC1. The van der Waals surface area contributed by atoms with Crippen molar-refractivity contribution in [2.24, 2.45) is 4.99 Å². The molecule has 1 atom stereocenters. The number of hydrogen-bond donors (Lipinski definition) is 1. The molecule has 1 unspecified atom stereocenters. The third-order valence-electron chi connectivity index (χ3n) is 5.77. The van der Waals surface area contributed by atoms with E-state index in [-0.39, 0.29) is 0 Å². The molecule has 2 aliphatic rings. The van der Waals surface area contributed by atoms with Crippen LogP contribution in [0.4, 0.5) is 0 Å². The summed E-state index contributed by atoms with van der Waals surface area (Å²) in [7, 11) is 0. The summed E-state index contributed by atoms with van der Waals surface area (Å²) < 4.78 is 11.9. The number of piperidine rings is 1. The van der Waals surface area contributed by atoms with Gasteiger partial charge in [-0.2, -0.15) is 0 Å². The Morgan fingerprint density at radius 2 is 2.04 bits per heavy atom. The van der Waals surface area contributed by atoms with E-state index in [0.717, 1.165) is 64.6 Å². The van der Waals surface area contributed by atoms with Gasteiger partial charge in [0.25, 0.3) is 0 Å². The molecule has 0 aromatic heterocycles. The summed E-state index contributed by atoms with van der Waals surface area (Å²) in [6.45, 7) is 11.7. The van der Waals surface area contributed by atoms with Crippen LogP contribution in [0, 0.1) is 13.8 Å². The Balaban J connectivity index is 1.49. The van der Waals surface area contributed by atoms with Gasteiger partial charge in [0.1, 0.15) is 0 Å². The van der Waals surface area contributed by atoms with Gasteiger partial charge in [-0.3, -0.25) is 0 Å². The van der Waals surface area contributed by atoms with Crippen LogP contribution in [0.1, 0.15) is 55.7 Å². The highest BCUT2D eigenvalue weighted by Gasteiger charge is 2.23. The van der Waals surface area contributed by atoms with Crippen molar-refractivity contribution in [3.63, 3.8) is 0 Å². The maximum Gasteiger partial charge on any atom is 0.194 e. The van der Waals surface area contributed by atoms with Crippen LogP contribution in [0.5, 0.6) is 0 Å². The number of aliphatic imine (C=N–C) groups is 1. The first-order chi connectivity index (χ1) is 13.7. The summed E-state index contributed by atoms with van der Waals surface area (Å²) in [5, 5.41) is 3.47. The molecule has 2 heterocycles.